The van der Waals surface area contributed by atoms with Gasteiger partial charge >= 0.3 is 0 Å². The van der Waals surface area contributed by atoms with E-state index in [-0.39, 0.29) is 29.5 Å². The van der Waals surface area contributed by atoms with E-state index in [0.29, 0.717) is 5.56 Å². The third-order valence-corrected chi connectivity index (χ3v) is 6.13. The molecule has 30 heavy (non-hydrogen) atoms. The summed E-state index contributed by atoms with van der Waals surface area (Å²) in [6.07, 6.45) is 3.74. The van der Waals surface area contributed by atoms with E-state index in [2.05, 4.69) is 24.1 Å². The molecule has 1 aromatic carbocycles. The van der Waals surface area contributed by atoms with Crippen LogP contribution in [0.2, 0.25) is 0 Å². The van der Waals surface area contributed by atoms with E-state index in [1.807, 2.05) is 35.2 Å². The molecule has 1 atom stereocenters. The summed E-state index contributed by atoms with van der Waals surface area (Å²) in [5.41, 5.74) is 1.65. The van der Waals surface area contributed by atoms with E-state index < -0.39 is 0 Å². The summed E-state index contributed by atoms with van der Waals surface area (Å²) in [6, 6.07) is 11.3. The Balaban J connectivity index is 1.54. The highest BCUT2D eigenvalue weighted by Gasteiger charge is 2.20. The number of nitrogens with one attached hydrogen (secondary N) is 1. The molecule has 0 saturated carbocycles. The predicted octanol–water partition coefficient (Wildman–Crippen LogP) is 3.93. The number of methoxy groups -OCH3 is 1. The number of ether oxygens (including phenoxy) is 1. The van der Waals surface area contributed by atoms with Crippen LogP contribution in [0.4, 0.5) is 0 Å². The maximum atomic E-state index is 12.5. The number of carbonyl (C=O) groups excluding carboxylic acids is 2. The number of carbonyl (C=O) groups is 2. The average molecular weight is 428 g/mol. The van der Waals surface area contributed by atoms with E-state index in [1.54, 1.807) is 19.4 Å². The van der Waals surface area contributed by atoms with Crippen LogP contribution in [0.15, 0.2) is 47.6 Å². The SMILES string of the molecule is COc1ccc([C@H](NC(=O)CSc2ccc(C(=O)N3CCCC3)cn2)C(C)C)cc1. The molecule has 160 valence electrons. The number of rotatable bonds is 8. The van der Waals surface area contributed by atoms with Gasteiger partial charge in [0, 0.05) is 19.3 Å². The Labute approximate surface area is 182 Å². The predicted molar refractivity (Wildman–Crippen MR) is 119 cm³/mol. The topological polar surface area (TPSA) is 71.5 Å². The lowest BCUT2D eigenvalue weighted by Gasteiger charge is -2.23. The molecule has 0 aliphatic carbocycles. The minimum atomic E-state index is -0.0718. The fourth-order valence-corrected chi connectivity index (χ4v) is 4.15. The normalized spacial score (nSPS) is 14.6. The van der Waals surface area contributed by atoms with Crippen molar-refractivity contribution < 1.29 is 14.3 Å². The van der Waals surface area contributed by atoms with Gasteiger partial charge in [-0.2, -0.15) is 0 Å². The molecule has 2 aromatic rings. The molecule has 1 aliphatic heterocycles. The van der Waals surface area contributed by atoms with Crippen molar-refractivity contribution in [1.29, 1.82) is 0 Å². The zero-order chi connectivity index (χ0) is 21.5. The lowest BCUT2D eigenvalue weighted by molar-refractivity contribution is -0.119. The second kappa shape index (κ2) is 10.5. The first kappa shape index (κ1) is 22.2. The van der Waals surface area contributed by atoms with Gasteiger partial charge in [-0.05, 0) is 48.6 Å². The Kier molecular flexibility index (Phi) is 7.74. The number of thioether (sulfide) groups is 1. The lowest BCUT2D eigenvalue weighted by Crippen LogP contribution is -2.33. The van der Waals surface area contributed by atoms with Gasteiger partial charge in [0.05, 0.1) is 29.5 Å². The molecular formula is C23H29N3O3S. The molecule has 1 N–H and O–H groups in total. The van der Waals surface area contributed by atoms with E-state index in [1.165, 1.54) is 11.8 Å². The van der Waals surface area contributed by atoms with Gasteiger partial charge in [-0.15, -0.1) is 0 Å². The van der Waals surface area contributed by atoms with Crippen LogP contribution >= 0.6 is 11.8 Å². The zero-order valence-electron chi connectivity index (χ0n) is 17.8. The molecule has 1 aliphatic rings. The highest BCUT2D eigenvalue weighted by Crippen LogP contribution is 2.24. The van der Waals surface area contributed by atoms with Gasteiger partial charge in [-0.3, -0.25) is 9.59 Å². The second-order valence-corrected chi connectivity index (χ2v) is 8.73. The van der Waals surface area contributed by atoms with Crippen LogP contribution in [-0.4, -0.2) is 47.7 Å². The van der Waals surface area contributed by atoms with Gasteiger partial charge in [-0.25, -0.2) is 4.98 Å². The van der Waals surface area contributed by atoms with Crippen LogP contribution in [0.25, 0.3) is 0 Å². The Bertz CT molecular complexity index is 847. The molecule has 7 heteroatoms. The van der Waals surface area contributed by atoms with Crippen LogP contribution in [0.3, 0.4) is 0 Å². The first-order valence-electron chi connectivity index (χ1n) is 10.3. The number of hydrogen-bond acceptors (Lipinski definition) is 5. The van der Waals surface area contributed by atoms with E-state index >= 15 is 0 Å². The molecular weight excluding hydrogens is 398 g/mol. The van der Waals surface area contributed by atoms with Crippen LogP contribution < -0.4 is 10.1 Å². The van der Waals surface area contributed by atoms with Crippen molar-refractivity contribution in [1.82, 2.24) is 15.2 Å². The van der Waals surface area contributed by atoms with Gasteiger partial charge in [0.1, 0.15) is 5.75 Å². The van der Waals surface area contributed by atoms with Crippen LogP contribution in [0.5, 0.6) is 5.75 Å². The summed E-state index contributed by atoms with van der Waals surface area (Å²) in [6.45, 7) is 5.81. The molecule has 1 fully saturated rings. The number of pyridine rings is 1. The maximum Gasteiger partial charge on any atom is 0.255 e. The number of benzene rings is 1. The van der Waals surface area contributed by atoms with Crippen LogP contribution in [0.1, 0.15) is 48.7 Å². The molecule has 2 heterocycles. The first-order valence-corrected chi connectivity index (χ1v) is 11.3. The highest BCUT2D eigenvalue weighted by molar-refractivity contribution is 7.99. The fourth-order valence-electron chi connectivity index (χ4n) is 3.50. The van der Waals surface area contributed by atoms with Crippen molar-refractivity contribution >= 4 is 23.6 Å². The smallest absolute Gasteiger partial charge is 0.255 e. The third-order valence-electron chi connectivity index (χ3n) is 5.19. The molecule has 3 rings (SSSR count). The lowest BCUT2D eigenvalue weighted by atomic mass is 9.96. The Hall–Kier alpha value is -2.54. The molecule has 0 spiro atoms. The zero-order valence-corrected chi connectivity index (χ0v) is 18.6. The highest BCUT2D eigenvalue weighted by atomic mass is 32.2. The standard InChI is InChI=1S/C23H29N3O3S/c1-16(2)22(17-6-9-19(29-3)10-7-17)25-20(27)15-30-21-11-8-18(14-24-21)23(28)26-12-4-5-13-26/h6-11,14,16,22H,4-5,12-13,15H2,1-3H3,(H,25,27)/t22-/m1/s1. The van der Waals surface area contributed by atoms with Gasteiger partial charge in [0.15, 0.2) is 0 Å². The quantitative estimate of drug-likeness (QED) is 0.646. The van der Waals surface area contributed by atoms with Crippen LogP contribution in [0, 0.1) is 5.92 Å². The van der Waals surface area contributed by atoms with Gasteiger partial charge < -0.3 is 15.0 Å². The van der Waals surface area contributed by atoms with Crippen molar-refractivity contribution in [2.45, 2.75) is 37.8 Å². The molecule has 6 nitrogen and oxygen atoms in total. The van der Waals surface area contributed by atoms with E-state index in [9.17, 15) is 9.59 Å². The summed E-state index contributed by atoms with van der Waals surface area (Å²) in [5, 5.41) is 3.85. The van der Waals surface area contributed by atoms with Crippen molar-refractivity contribution in [2.75, 3.05) is 26.0 Å². The summed E-state index contributed by atoms with van der Waals surface area (Å²) in [5.74, 6) is 1.30. The number of hydrogen-bond donors (Lipinski definition) is 1. The summed E-state index contributed by atoms with van der Waals surface area (Å²) >= 11 is 1.37. The van der Waals surface area contributed by atoms with Crippen molar-refractivity contribution in [2.24, 2.45) is 5.92 Å². The Morgan fingerprint density at radius 3 is 2.40 bits per heavy atom. The van der Waals surface area contributed by atoms with E-state index in [0.717, 1.165) is 42.3 Å². The van der Waals surface area contributed by atoms with Gasteiger partial charge in [0.2, 0.25) is 5.91 Å². The Morgan fingerprint density at radius 2 is 1.83 bits per heavy atom. The largest absolute Gasteiger partial charge is 0.497 e. The van der Waals surface area contributed by atoms with Crippen molar-refractivity contribution in [3.8, 4) is 5.75 Å². The molecule has 0 unspecified atom stereocenters. The summed E-state index contributed by atoms with van der Waals surface area (Å²) in [7, 11) is 1.64. The molecule has 2 amide bonds. The fraction of sp³-hybridized carbons (Fsp3) is 0.435. The maximum absolute atomic E-state index is 12.5. The number of likely N-dealkylation sites (tertiary alicyclic amines) is 1. The van der Waals surface area contributed by atoms with Crippen molar-refractivity contribution in [3.05, 3.63) is 53.7 Å². The number of amides is 2. The first-order chi connectivity index (χ1) is 14.5. The minimum Gasteiger partial charge on any atom is -0.497 e. The van der Waals surface area contributed by atoms with Crippen LogP contribution in [-0.2, 0) is 4.79 Å². The number of aromatic nitrogens is 1. The molecule has 0 radical (unpaired) electrons. The van der Waals surface area contributed by atoms with E-state index in [4.69, 9.17) is 4.74 Å². The second-order valence-electron chi connectivity index (χ2n) is 7.74. The molecule has 0 bridgehead atoms. The molecule has 1 aromatic heterocycles. The minimum absolute atomic E-state index is 0.0357. The summed E-state index contributed by atoms with van der Waals surface area (Å²) < 4.78 is 5.21. The monoisotopic (exact) mass is 427 g/mol. The average Bonchev–Trinajstić information content (AvgIpc) is 3.31. The number of nitrogens with zero attached hydrogens (tertiary/aromatic N) is 2. The Morgan fingerprint density at radius 1 is 1.13 bits per heavy atom. The van der Waals surface area contributed by atoms with Gasteiger partial charge in [-0.1, -0.05) is 37.7 Å². The van der Waals surface area contributed by atoms with Crippen molar-refractivity contribution in [3.63, 3.8) is 0 Å². The van der Waals surface area contributed by atoms with Gasteiger partial charge in [0.25, 0.3) is 5.91 Å². The molecule has 1 saturated heterocycles. The third kappa shape index (κ3) is 5.75. The summed E-state index contributed by atoms with van der Waals surface area (Å²) in [4.78, 5) is 31.1.